The van der Waals surface area contributed by atoms with E-state index in [0.29, 0.717) is 6.42 Å². The Hall–Kier alpha value is -2.07. The van der Waals surface area contributed by atoms with E-state index in [9.17, 15) is 4.79 Å². The highest BCUT2D eigenvalue weighted by Crippen LogP contribution is 2.45. The molecule has 2 aromatic rings. The van der Waals surface area contributed by atoms with E-state index in [1.54, 1.807) is 0 Å². The minimum Gasteiger partial charge on any atom is -0.372 e. The number of anilines is 2. The Kier molecular flexibility index (Phi) is 3.95. The molecule has 2 N–H and O–H groups in total. The Balaban J connectivity index is 1.88. The molecule has 0 saturated carbocycles. The first-order chi connectivity index (χ1) is 11.9. The van der Waals surface area contributed by atoms with Gasteiger partial charge in [0.05, 0.1) is 17.4 Å². The first-order valence-corrected chi connectivity index (χ1v) is 9.37. The molecule has 0 unspecified atom stereocenters. The summed E-state index contributed by atoms with van der Waals surface area (Å²) in [5.74, 6) is 0.229. The number of carbonyl (C=O) groups is 1. The zero-order valence-electron chi connectivity index (χ0n) is 14.4. The first-order valence-electron chi connectivity index (χ1n) is 8.57. The van der Waals surface area contributed by atoms with Crippen LogP contribution in [0.5, 0.6) is 0 Å². The Morgan fingerprint density at radius 3 is 2.40 bits per heavy atom. The van der Waals surface area contributed by atoms with Gasteiger partial charge in [-0.2, -0.15) is 0 Å². The van der Waals surface area contributed by atoms with Crippen LogP contribution in [-0.4, -0.2) is 5.78 Å². The molecule has 2 aliphatic rings. The van der Waals surface area contributed by atoms with Gasteiger partial charge < -0.3 is 10.6 Å². The highest BCUT2D eigenvalue weighted by Gasteiger charge is 2.38. The quantitative estimate of drug-likeness (QED) is 0.651. The highest BCUT2D eigenvalue weighted by atomic mass is 79.9. The number of para-hydroxylation sites is 2. The van der Waals surface area contributed by atoms with Gasteiger partial charge in [-0.05, 0) is 41.7 Å². The van der Waals surface area contributed by atoms with Gasteiger partial charge in [0.25, 0.3) is 0 Å². The summed E-state index contributed by atoms with van der Waals surface area (Å²) in [6, 6.07) is 16.2. The molecule has 0 radical (unpaired) electrons. The Morgan fingerprint density at radius 2 is 1.68 bits per heavy atom. The Labute approximate surface area is 156 Å². The number of benzene rings is 2. The third-order valence-electron chi connectivity index (χ3n) is 4.92. The molecule has 1 aliphatic heterocycles. The second-order valence-electron chi connectivity index (χ2n) is 7.63. The van der Waals surface area contributed by atoms with Crippen molar-refractivity contribution in [3.05, 3.63) is 69.8 Å². The normalized spacial score (nSPS) is 21.6. The van der Waals surface area contributed by atoms with Crippen LogP contribution in [0.3, 0.4) is 0 Å². The summed E-state index contributed by atoms with van der Waals surface area (Å²) in [5, 5.41) is 7.14. The predicted octanol–water partition coefficient (Wildman–Crippen LogP) is 5.67. The molecule has 0 saturated heterocycles. The second-order valence-corrected chi connectivity index (χ2v) is 8.55. The van der Waals surface area contributed by atoms with Crippen molar-refractivity contribution < 1.29 is 4.79 Å². The van der Waals surface area contributed by atoms with Gasteiger partial charge in [-0.15, -0.1) is 0 Å². The van der Waals surface area contributed by atoms with Crippen LogP contribution in [0.25, 0.3) is 0 Å². The van der Waals surface area contributed by atoms with E-state index in [1.807, 2.05) is 24.3 Å². The molecule has 1 heterocycles. The van der Waals surface area contributed by atoms with Crippen molar-refractivity contribution in [2.45, 2.75) is 32.7 Å². The summed E-state index contributed by atoms with van der Waals surface area (Å²) in [5.41, 5.74) is 5.05. The largest absolute Gasteiger partial charge is 0.372 e. The highest BCUT2D eigenvalue weighted by molar-refractivity contribution is 9.10. The minimum atomic E-state index is -0.136. The fraction of sp³-hybridized carbons (Fsp3) is 0.286. The summed E-state index contributed by atoms with van der Waals surface area (Å²) in [6.45, 7) is 4.32. The van der Waals surface area contributed by atoms with Crippen LogP contribution in [0.15, 0.2) is 64.3 Å². The SMILES string of the molecule is CC1(C)CC(=O)C2=C(C1)Nc1ccccc1N[C@@H]2c1ccc(Br)cc1. The van der Waals surface area contributed by atoms with Crippen molar-refractivity contribution in [1.82, 2.24) is 0 Å². The molecule has 4 rings (SSSR count). The summed E-state index contributed by atoms with van der Waals surface area (Å²) < 4.78 is 1.04. The molecule has 0 amide bonds. The molecular weight excluding hydrogens is 376 g/mol. The van der Waals surface area contributed by atoms with Gasteiger partial charge in [-0.3, -0.25) is 4.79 Å². The van der Waals surface area contributed by atoms with Crippen molar-refractivity contribution in [2.75, 3.05) is 10.6 Å². The van der Waals surface area contributed by atoms with Crippen LogP contribution < -0.4 is 10.6 Å². The fourth-order valence-corrected chi connectivity index (χ4v) is 4.06. The van der Waals surface area contributed by atoms with E-state index >= 15 is 0 Å². The van der Waals surface area contributed by atoms with Crippen molar-refractivity contribution in [3.8, 4) is 0 Å². The molecule has 25 heavy (non-hydrogen) atoms. The lowest BCUT2D eigenvalue weighted by molar-refractivity contribution is -0.118. The number of Topliss-reactive ketones (excluding diaryl/α,β-unsaturated/α-hetero) is 1. The summed E-state index contributed by atoms with van der Waals surface area (Å²) in [7, 11) is 0. The maximum atomic E-state index is 13.1. The van der Waals surface area contributed by atoms with E-state index < -0.39 is 0 Å². The third kappa shape index (κ3) is 3.11. The van der Waals surface area contributed by atoms with Gasteiger partial charge in [0, 0.05) is 22.2 Å². The van der Waals surface area contributed by atoms with Crippen LogP contribution >= 0.6 is 15.9 Å². The smallest absolute Gasteiger partial charge is 0.163 e. The minimum absolute atomic E-state index is 0.0214. The first kappa shape index (κ1) is 16.4. The number of ketones is 1. The van der Waals surface area contributed by atoms with Gasteiger partial charge in [0.2, 0.25) is 0 Å². The lowest BCUT2D eigenvalue weighted by atomic mass is 9.73. The average Bonchev–Trinajstić information content (AvgIpc) is 2.70. The fourth-order valence-electron chi connectivity index (χ4n) is 3.79. The molecule has 1 aliphatic carbocycles. The van der Waals surface area contributed by atoms with Crippen LogP contribution in [-0.2, 0) is 4.79 Å². The number of rotatable bonds is 1. The molecule has 2 aromatic carbocycles. The topological polar surface area (TPSA) is 41.1 Å². The molecule has 0 aromatic heterocycles. The Bertz CT molecular complexity index is 868. The summed E-state index contributed by atoms with van der Waals surface area (Å²) in [4.78, 5) is 13.1. The number of carbonyl (C=O) groups excluding carboxylic acids is 1. The third-order valence-corrected chi connectivity index (χ3v) is 5.45. The van der Waals surface area contributed by atoms with E-state index in [-0.39, 0.29) is 17.2 Å². The molecular formula is C21H21BrN2O. The van der Waals surface area contributed by atoms with Crippen molar-refractivity contribution >= 4 is 33.1 Å². The average molecular weight is 397 g/mol. The summed E-state index contributed by atoms with van der Waals surface area (Å²) >= 11 is 3.49. The molecule has 128 valence electrons. The van der Waals surface area contributed by atoms with E-state index in [2.05, 4.69) is 64.7 Å². The van der Waals surface area contributed by atoms with Gasteiger partial charge in [0.1, 0.15) is 0 Å². The van der Waals surface area contributed by atoms with Gasteiger partial charge >= 0.3 is 0 Å². The molecule has 0 fully saturated rings. The van der Waals surface area contributed by atoms with E-state index in [1.165, 1.54) is 0 Å². The number of fused-ring (bicyclic) bond motifs is 1. The van der Waals surface area contributed by atoms with Crippen molar-refractivity contribution in [3.63, 3.8) is 0 Å². The van der Waals surface area contributed by atoms with Crippen LogP contribution in [0.1, 0.15) is 38.3 Å². The maximum Gasteiger partial charge on any atom is 0.163 e. The predicted molar refractivity (Wildman–Crippen MR) is 106 cm³/mol. The zero-order valence-corrected chi connectivity index (χ0v) is 16.0. The lowest BCUT2D eigenvalue weighted by Gasteiger charge is -2.34. The van der Waals surface area contributed by atoms with Crippen LogP contribution in [0.4, 0.5) is 11.4 Å². The van der Waals surface area contributed by atoms with Gasteiger partial charge in [-0.25, -0.2) is 0 Å². The van der Waals surface area contributed by atoms with Crippen molar-refractivity contribution in [1.29, 1.82) is 0 Å². The second kappa shape index (κ2) is 6.03. The molecule has 0 spiro atoms. The summed E-state index contributed by atoms with van der Waals surface area (Å²) in [6.07, 6.45) is 1.45. The zero-order chi connectivity index (χ0) is 17.6. The monoisotopic (exact) mass is 396 g/mol. The van der Waals surface area contributed by atoms with Crippen LogP contribution in [0.2, 0.25) is 0 Å². The standard InChI is InChI=1S/C21H21BrN2O/c1-21(2)11-17-19(18(25)12-21)20(13-7-9-14(22)10-8-13)24-16-6-4-3-5-15(16)23-17/h3-10,20,23-24H,11-12H2,1-2H3/t20-/m1/s1. The maximum absolute atomic E-state index is 13.1. The number of hydrogen-bond donors (Lipinski definition) is 2. The van der Waals surface area contributed by atoms with Crippen molar-refractivity contribution in [2.24, 2.45) is 5.41 Å². The number of halogens is 1. The molecule has 0 bridgehead atoms. The lowest BCUT2D eigenvalue weighted by Crippen LogP contribution is -2.31. The molecule has 4 heteroatoms. The number of nitrogens with one attached hydrogen (secondary N) is 2. The van der Waals surface area contributed by atoms with E-state index in [4.69, 9.17) is 0 Å². The van der Waals surface area contributed by atoms with Gasteiger partial charge in [-0.1, -0.05) is 54.0 Å². The van der Waals surface area contributed by atoms with Gasteiger partial charge in [0.15, 0.2) is 5.78 Å². The molecule has 1 atom stereocenters. The van der Waals surface area contributed by atoms with E-state index in [0.717, 1.165) is 39.1 Å². The number of allylic oxidation sites excluding steroid dienone is 1. The number of hydrogen-bond acceptors (Lipinski definition) is 3. The molecule has 3 nitrogen and oxygen atoms in total. The Morgan fingerprint density at radius 1 is 1.00 bits per heavy atom. The van der Waals surface area contributed by atoms with Crippen LogP contribution in [0, 0.1) is 5.41 Å².